The van der Waals surface area contributed by atoms with Gasteiger partial charge in [-0.2, -0.15) is 4.99 Å². The summed E-state index contributed by atoms with van der Waals surface area (Å²) < 4.78 is 35.0. The van der Waals surface area contributed by atoms with E-state index in [4.69, 9.17) is 9.47 Å². The van der Waals surface area contributed by atoms with Crippen LogP contribution in [-0.4, -0.2) is 56.5 Å². The Balaban J connectivity index is 2.03. The Bertz CT molecular complexity index is 867. The molecule has 0 bridgehead atoms. The summed E-state index contributed by atoms with van der Waals surface area (Å²) in [6, 6.07) is 5.07. The Morgan fingerprint density at radius 3 is 2.67 bits per heavy atom. The number of anilines is 1. The second kappa shape index (κ2) is 7.71. The highest BCUT2D eigenvalue weighted by molar-refractivity contribution is 8.16. The molecule has 0 aromatic heterocycles. The Hall–Kier alpha value is -1.74. The highest BCUT2D eigenvalue weighted by Crippen LogP contribution is 2.44. The molecule has 9 heteroatoms. The van der Waals surface area contributed by atoms with Gasteiger partial charge in [0.05, 0.1) is 37.5 Å². The Labute approximate surface area is 164 Å². The number of carbonyl (C=O) groups excluding carboxylic acids is 1. The first-order valence-corrected chi connectivity index (χ1v) is 11.4. The summed E-state index contributed by atoms with van der Waals surface area (Å²) in [6.45, 7) is 3.93. The van der Waals surface area contributed by atoms with Crippen molar-refractivity contribution >= 4 is 38.4 Å². The van der Waals surface area contributed by atoms with E-state index >= 15 is 0 Å². The number of thioether (sulfide) groups is 1. The van der Waals surface area contributed by atoms with Crippen LogP contribution in [-0.2, 0) is 14.6 Å². The van der Waals surface area contributed by atoms with Crippen LogP contribution in [0.3, 0.4) is 0 Å². The summed E-state index contributed by atoms with van der Waals surface area (Å²) in [5.41, 5.74) is 0.687. The van der Waals surface area contributed by atoms with Gasteiger partial charge in [0, 0.05) is 17.7 Å². The molecule has 2 fully saturated rings. The fraction of sp³-hybridized carbons (Fsp3) is 0.556. The van der Waals surface area contributed by atoms with Crippen molar-refractivity contribution in [3.8, 4) is 11.5 Å². The zero-order valence-corrected chi connectivity index (χ0v) is 17.5. The van der Waals surface area contributed by atoms with Crippen LogP contribution < -0.4 is 14.4 Å². The van der Waals surface area contributed by atoms with Gasteiger partial charge in [-0.3, -0.25) is 4.79 Å². The highest BCUT2D eigenvalue weighted by atomic mass is 32.2. The number of aliphatic imine (C=N–C) groups is 1. The number of amides is 1. The van der Waals surface area contributed by atoms with Crippen molar-refractivity contribution < 1.29 is 22.7 Å². The number of rotatable bonds is 5. The Morgan fingerprint density at radius 2 is 2.04 bits per heavy atom. The van der Waals surface area contributed by atoms with Crippen molar-refractivity contribution in [2.45, 2.75) is 31.6 Å². The molecule has 0 aliphatic carbocycles. The molecule has 2 aliphatic rings. The van der Waals surface area contributed by atoms with E-state index in [1.54, 1.807) is 26.4 Å². The lowest BCUT2D eigenvalue weighted by atomic mass is 10.1. The summed E-state index contributed by atoms with van der Waals surface area (Å²) >= 11 is 1.36. The van der Waals surface area contributed by atoms with E-state index in [1.807, 2.05) is 24.8 Å². The van der Waals surface area contributed by atoms with Gasteiger partial charge in [0.2, 0.25) is 5.91 Å². The average Bonchev–Trinajstić information content (AvgIpc) is 3.04. The largest absolute Gasteiger partial charge is 0.497 e. The molecule has 1 aromatic carbocycles. The van der Waals surface area contributed by atoms with Crippen molar-refractivity contribution in [1.82, 2.24) is 0 Å². The van der Waals surface area contributed by atoms with E-state index in [0.717, 1.165) is 0 Å². The van der Waals surface area contributed by atoms with Crippen LogP contribution in [0.1, 0.15) is 20.3 Å². The van der Waals surface area contributed by atoms with E-state index in [2.05, 4.69) is 4.99 Å². The molecule has 2 saturated heterocycles. The van der Waals surface area contributed by atoms with E-state index < -0.39 is 9.84 Å². The monoisotopic (exact) mass is 412 g/mol. The Kier molecular flexibility index (Phi) is 5.71. The minimum Gasteiger partial charge on any atom is -0.497 e. The minimum atomic E-state index is -3.12. The molecule has 0 spiro atoms. The van der Waals surface area contributed by atoms with Gasteiger partial charge in [0.15, 0.2) is 15.0 Å². The molecule has 148 valence electrons. The number of fused-ring (bicyclic) bond motifs is 1. The van der Waals surface area contributed by atoms with Crippen LogP contribution in [0.15, 0.2) is 23.2 Å². The zero-order valence-electron chi connectivity index (χ0n) is 15.8. The molecule has 2 aliphatic heterocycles. The maximum absolute atomic E-state index is 12.3. The highest BCUT2D eigenvalue weighted by Gasteiger charge is 2.50. The molecule has 2 heterocycles. The van der Waals surface area contributed by atoms with E-state index in [1.165, 1.54) is 11.8 Å². The molecule has 3 rings (SSSR count). The normalized spacial score (nSPS) is 25.1. The fourth-order valence-corrected chi connectivity index (χ4v) is 7.26. The molecular weight excluding hydrogens is 388 g/mol. The molecule has 0 radical (unpaired) electrons. The molecule has 1 amide bonds. The van der Waals surface area contributed by atoms with Crippen LogP contribution in [0, 0.1) is 5.92 Å². The first kappa shape index (κ1) is 20.0. The van der Waals surface area contributed by atoms with Gasteiger partial charge in [-0.25, -0.2) is 8.42 Å². The summed E-state index contributed by atoms with van der Waals surface area (Å²) in [7, 11) is -0.00427. The third kappa shape index (κ3) is 4.24. The number of benzene rings is 1. The van der Waals surface area contributed by atoms with Gasteiger partial charge >= 0.3 is 0 Å². The summed E-state index contributed by atoms with van der Waals surface area (Å²) in [6.07, 6.45) is 0.352. The van der Waals surface area contributed by atoms with Crippen molar-refractivity contribution in [2.75, 3.05) is 30.6 Å². The van der Waals surface area contributed by atoms with Crippen molar-refractivity contribution in [3.05, 3.63) is 18.2 Å². The zero-order chi connectivity index (χ0) is 19.8. The van der Waals surface area contributed by atoms with E-state index in [0.29, 0.717) is 28.8 Å². The molecular formula is C18H24N2O5S2. The number of hydrogen-bond acceptors (Lipinski definition) is 6. The fourth-order valence-electron chi connectivity index (χ4n) is 3.33. The number of methoxy groups -OCH3 is 2. The minimum absolute atomic E-state index is 0.0389. The molecule has 0 N–H and O–H groups in total. The SMILES string of the molecule is COc1ccc(N2C(=NC(=O)CC(C)C)SC3CS(=O)(=O)CC32)c(OC)c1. The standard InChI is InChI=1S/C18H24N2O5S2/c1-11(2)7-17(21)19-18-20(14-9-27(22,23)10-16(14)26-18)13-6-5-12(24-3)8-15(13)25-4/h5-6,8,11,14,16H,7,9-10H2,1-4H3. The van der Waals surface area contributed by atoms with E-state index in [9.17, 15) is 13.2 Å². The first-order chi connectivity index (χ1) is 12.7. The second-order valence-electron chi connectivity index (χ2n) is 7.09. The first-order valence-electron chi connectivity index (χ1n) is 8.74. The smallest absolute Gasteiger partial charge is 0.248 e. The second-order valence-corrected chi connectivity index (χ2v) is 10.5. The van der Waals surface area contributed by atoms with Crippen LogP contribution in [0.5, 0.6) is 11.5 Å². The maximum atomic E-state index is 12.3. The molecule has 0 saturated carbocycles. The summed E-state index contributed by atoms with van der Waals surface area (Å²) in [5.74, 6) is 1.31. The van der Waals surface area contributed by atoms with Crippen molar-refractivity contribution in [3.63, 3.8) is 0 Å². The van der Waals surface area contributed by atoms with Gasteiger partial charge in [0.25, 0.3) is 0 Å². The van der Waals surface area contributed by atoms with Crippen molar-refractivity contribution in [1.29, 1.82) is 0 Å². The van der Waals surface area contributed by atoms with Crippen LogP contribution in [0.4, 0.5) is 5.69 Å². The summed E-state index contributed by atoms with van der Waals surface area (Å²) in [5, 5.41) is 0.390. The van der Waals surface area contributed by atoms with E-state index in [-0.39, 0.29) is 34.6 Å². The third-order valence-electron chi connectivity index (χ3n) is 4.52. The van der Waals surface area contributed by atoms with Crippen LogP contribution >= 0.6 is 11.8 Å². The number of ether oxygens (including phenoxy) is 2. The lowest BCUT2D eigenvalue weighted by molar-refractivity contribution is -0.118. The topological polar surface area (TPSA) is 85.3 Å². The molecule has 7 nitrogen and oxygen atoms in total. The Morgan fingerprint density at radius 1 is 1.30 bits per heavy atom. The van der Waals surface area contributed by atoms with Gasteiger partial charge < -0.3 is 14.4 Å². The lowest BCUT2D eigenvalue weighted by Gasteiger charge is -2.26. The van der Waals surface area contributed by atoms with Crippen LogP contribution in [0.25, 0.3) is 0 Å². The molecule has 2 atom stereocenters. The summed E-state index contributed by atoms with van der Waals surface area (Å²) in [4.78, 5) is 18.4. The van der Waals surface area contributed by atoms with Crippen LogP contribution in [0.2, 0.25) is 0 Å². The van der Waals surface area contributed by atoms with Gasteiger partial charge in [0.1, 0.15) is 11.5 Å². The predicted molar refractivity (Wildman–Crippen MR) is 108 cm³/mol. The van der Waals surface area contributed by atoms with Gasteiger partial charge in [-0.05, 0) is 18.1 Å². The number of hydrogen-bond donors (Lipinski definition) is 0. The quantitative estimate of drug-likeness (QED) is 0.734. The lowest BCUT2D eigenvalue weighted by Crippen LogP contribution is -2.38. The number of nitrogens with zero attached hydrogens (tertiary/aromatic N) is 2. The van der Waals surface area contributed by atoms with Crippen molar-refractivity contribution in [2.24, 2.45) is 10.9 Å². The van der Waals surface area contributed by atoms with Gasteiger partial charge in [-0.1, -0.05) is 25.6 Å². The average molecular weight is 413 g/mol. The molecule has 2 unspecified atom stereocenters. The maximum Gasteiger partial charge on any atom is 0.248 e. The number of amidine groups is 1. The van der Waals surface area contributed by atoms with Gasteiger partial charge in [-0.15, -0.1) is 0 Å². The number of carbonyl (C=O) groups is 1. The predicted octanol–water partition coefficient (Wildman–Crippen LogP) is 2.35. The molecule has 27 heavy (non-hydrogen) atoms. The molecule has 1 aromatic rings. The third-order valence-corrected chi connectivity index (χ3v) is 7.73. The number of sulfone groups is 1.